The molecule has 114 valence electrons. The van der Waals surface area contributed by atoms with Crippen molar-refractivity contribution in [2.75, 3.05) is 0 Å². The second-order valence-corrected chi connectivity index (χ2v) is 5.34. The number of nitrogens with zero attached hydrogens (tertiary/aromatic N) is 2. The van der Waals surface area contributed by atoms with Gasteiger partial charge in [-0.1, -0.05) is 29.8 Å². The Balaban J connectivity index is 1.65. The van der Waals surface area contributed by atoms with Gasteiger partial charge in [0.1, 0.15) is 0 Å². The number of aromatic nitrogens is 2. The van der Waals surface area contributed by atoms with Crippen molar-refractivity contribution < 1.29 is 4.79 Å². The lowest BCUT2D eigenvalue weighted by molar-refractivity contribution is 0.0950. The lowest BCUT2D eigenvalue weighted by atomic mass is 10.1. The van der Waals surface area contributed by atoms with Crippen LogP contribution in [0.25, 0.3) is 11.3 Å². The number of rotatable bonds is 4. The van der Waals surface area contributed by atoms with Gasteiger partial charge in [-0.2, -0.15) is 0 Å². The molecule has 0 fully saturated rings. The Morgan fingerprint density at radius 2 is 1.87 bits per heavy atom. The molecule has 2 heterocycles. The van der Waals surface area contributed by atoms with Crippen LogP contribution in [0, 0.1) is 6.92 Å². The first-order chi connectivity index (χ1) is 11.2. The minimum atomic E-state index is -0.129. The molecule has 0 aliphatic rings. The van der Waals surface area contributed by atoms with Crippen molar-refractivity contribution in [2.24, 2.45) is 0 Å². The third-order valence-corrected chi connectivity index (χ3v) is 3.56. The summed E-state index contributed by atoms with van der Waals surface area (Å²) in [4.78, 5) is 20.6. The summed E-state index contributed by atoms with van der Waals surface area (Å²) >= 11 is 0. The normalized spacial score (nSPS) is 10.3. The third-order valence-electron chi connectivity index (χ3n) is 3.56. The third kappa shape index (κ3) is 3.80. The van der Waals surface area contributed by atoms with Crippen LogP contribution >= 0.6 is 0 Å². The predicted octanol–water partition coefficient (Wildman–Crippen LogP) is 3.38. The molecule has 4 heteroatoms. The summed E-state index contributed by atoms with van der Waals surface area (Å²) in [5.41, 5.74) is 4.55. The van der Waals surface area contributed by atoms with Gasteiger partial charge >= 0.3 is 0 Å². The van der Waals surface area contributed by atoms with E-state index in [1.165, 1.54) is 5.56 Å². The first-order valence-corrected chi connectivity index (χ1v) is 7.42. The number of aryl methyl sites for hydroxylation is 1. The van der Waals surface area contributed by atoms with E-state index < -0.39 is 0 Å². The number of nitrogens with one attached hydrogen (secondary N) is 1. The zero-order valence-electron chi connectivity index (χ0n) is 12.9. The van der Waals surface area contributed by atoms with Gasteiger partial charge in [-0.3, -0.25) is 14.8 Å². The highest BCUT2D eigenvalue weighted by atomic mass is 16.1. The first-order valence-electron chi connectivity index (χ1n) is 7.42. The van der Waals surface area contributed by atoms with Gasteiger partial charge in [-0.25, -0.2) is 0 Å². The van der Waals surface area contributed by atoms with Crippen LogP contribution in [-0.4, -0.2) is 15.9 Å². The molecule has 0 unspecified atom stereocenters. The average Bonchev–Trinajstić information content (AvgIpc) is 2.62. The van der Waals surface area contributed by atoms with E-state index in [4.69, 9.17) is 0 Å². The van der Waals surface area contributed by atoms with Gasteiger partial charge in [-0.05, 0) is 36.8 Å². The monoisotopic (exact) mass is 303 g/mol. The minimum Gasteiger partial charge on any atom is -0.348 e. The fourth-order valence-electron chi connectivity index (χ4n) is 2.20. The molecular weight excluding hydrogens is 286 g/mol. The lowest BCUT2D eigenvalue weighted by Crippen LogP contribution is -2.22. The summed E-state index contributed by atoms with van der Waals surface area (Å²) < 4.78 is 0. The molecule has 1 aromatic carbocycles. The predicted molar refractivity (Wildman–Crippen MR) is 89.8 cm³/mol. The van der Waals surface area contributed by atoms with E-state index in [9.17, 15) is 4.79 Å². The molecule has 0 radical (unpaired) electrons. The fourth-order valence-corrected chi connectivity index (χ4v) is 2.20. The van der Waals surface area contributed by atoms with Gasteiger partial charge in [-0.15, -0.1) is 0 Å². The molecular formula is C19H17N3O. The number of carbonyl (C=O) groups excluding carboxylic acids is 1. The first kappa shape index (κ1) is 14.9. The molecule has 1 N–H and O–H groups in total. The maximum atomic E-state index is 12.2. The van der Waals surface area contributed by atoms with Crippen molar-refractivity contribution in [3.05, 3.63) is 83.8 Å². The molecule has 0 saturated carbocycles. The van der Waals surface area contributed by atoms with Gasteiger partial charge < -0.3 is 5.32 Å². The van der Waals surface area contributed by atoms with E-state index >= 15 is 0 Å². The number of amides is 1. The Kier molecular flexibility index (Phi) is 4.43. The molecule has 1 amide bonds. The van der Waals surface area contributed by atoms with Crippen molar-refractivity contribution in [1.29, 1.82) is 0 Å². The Morgan fingerprint density at radius 3 is 2.52 bits per heavy atom. The number of pyridine rings is 2. The van der Waals surface area contributed by atoms with Crippen molar-refractivity contribution in [2.45, 2.75) is 13.5 Å². The van der Waals surface area contributed by atoms with Crippen molar-refractivity contribution in [1.82, 2.24) is 15.3 Å². The molecule has 2 aromatic heterocycles. The summed E-state index contributed by atoms with van der Waals surface area (Å²) in [6.45, 7) is 2.54. The van der Waals surface area contributed by atoms with Gasteiger partial charge in [0.15, 0.2) is 0 Å². The van der Waals surface area contributed by atoms with E-state index in [0.29, 0.717) is 12.1 Å². The molecule has 0 atom stereocenters. The fraction of sp³-hybridized carbons (Fsp3) is 0.105. The summed E-state index contributed by atoms with van der Waals surface area (Å²) in [6.07, 6.45) is 5.06. The SMILES string of the molecule is Cc1ccc(CNC(=O)c2ccc(-c3cccnc3)nc2)cc1. The maximum Gasteiger partial charge on any atom is 0.253 e. The number of hydrogen-bond acceptors (Lipinski definition) is 3. The molecule has 4 nitrogen and oxygen atoms in total. The van der Waals surface area contributed by atoms with E-state index in [2.05, 4.69) is 15.3 Å². The Bertz CT molecular complexity index is 781. The largest absolute Gasteiger partial charge is 0.348 e. The van der Waals surface area contributed by atoms with Crippen LogP contribution in [0.15, 0.2) is 67.1 Å². The molecule has 3 rings (SSSR count). The van der Waals surface area contributed by atoms with Crippen molar-refractivity contribution in [3.8, 4) is 11.3 Å². The van der Waals surface area contributed by atoms with Crippen molar-refractivity contribution >= 4 is 5.91 Å². The van der Waals surface area contributed by atoms with Crippen LogP contribution in [0.2, 0.25) is 0 Å². The Labute approximate surface area is 135 Å². The van der Waals surface area contributed by atoms with Gasteiger partial charge in [0.25, 0.3) is 5.91 Å². The van der Waals surface area contributed by atoms with E-state index in [-0.39, 0.29) is 5.91 Å². The quantitative estimate of drug-likeness (QED) is 0.804. The summed E-state index contributed by atoms with van der Waals surface area (Å²) in [5.74, 6) is -0.129. The zero-order valence-corrected chi connectivity index (χ0v) is 12.9. The molecule has 0 aliphatic carbocycles. The lowest BCUT2D eigenvalue weighted by Gasteiger charge is -2.06. The standard InChI is InChI=1S/C19H17N3O/c1-14-4-6-15(7-5-14)11-22-19(23)17-8-9-18(21-13-17)16-3-2-10-20-12-16/h2-10,12-13H,11H2,1H3,(H,22,23). The number of benzene rings is 1. The highest BCUT2D eigenvalue weighted by Gasteiger charge is 2.07. The second-order valence-electron chi connectivity index (χ2n) is 5.34. The molecule has 0 saturated heterocycles. The van der Waals surface area contributed by atoms with E-state index in [1.807, 2.05) is 49.4 Å². The van der Waals surface area contributed by atoms with Crippen molar-refractivity contribution in [3.63, 3.8) is 0 Å². The number of hydrogen-bond donors (Lipinski definition) is 1. The summed E-state index contributed by atoms with van der Waals surface area (Å²) in [6, 6.07) is 15.5. The van der Waals surface area contributed by atoms with Crippen LogP contribution in [0.4, 0.5) is 0 Å². The maximum absolute atomic E-state index is 12.2. The van der Waals surface area contributed by atoms with Crippen LogP contribution in [0.1, 0.15) is 21.5 Å². The van der Waals surface area contributed by atoms with Gasteiger partial charge in [0.2, 0.25) is 0 Å². The van der Waals surface area contributed by atoms with Gasteiger partial charge in [0.05, 0.1) is 11.3 Å². The minimum absolute atomic E-state index is 0.129. The highest BCUT2D eigenvalue weighted by Crippen LogP contribution is 2.15. The van der Waals surface area contributed by atoms with E-state index in [1.54, 1.807) is 24.7 Å². The Morgan fingerprint density at radius 1 is 1.04 bits per heavy atom. The number of carbonyl (C=O) groups is 1. The molecule has 0 spiro atoms. The topological polar surface area (TPSA) is 54.9 Å². The zero-order chi connectivity index (χ0) is 16.1. The van der Waals surface area contributed by atoms with Crippen LogP contribution in [-0.2, 0) is 6.54 Å². The van der Waals surface area contributed by atoms with Crippen LogP contribution in [0.3, 0.4) is 0 Å². The molecule has 0 bridgehead atoms. The van der Waals surface area contributed by atoms with Crippen LogP contribution < -0.4 is 5.32 Å². The van der Waals surface area contributed by atoms with E-state index in [0.717, 1.165) is 16.8 Å². The highest BCUT2D eigenvalue weighted by molar-refractivity contribution is 5.94. The van der Waals surface area contributed by atoms with Crippen LogP contribution in [0.5, 0.6) is 0 Å². The van der Waals surface area contributed by atoms with Gasteiger partial charge in [0, 0.05) is 30.7 Å². The summed E-state index contributed by atoms with van der Waals surface area (Å²) in [5, 5.41) is 2.90. The average molecular weight is 303 g/mol. The second kappa shape index (κ2) is 6.83. The molecule has 3 aromatic rings. The Hall–Kier alpha value is -3.01. The molecule has 23 heavy (non-hydrogen) atoms. The smallest absolute Gasteiger partial charge is 0.253 e. The molecule has 0 aliphatic heterocycles. The summed E-state index contributed by atoms with van der Waals surface area (Å²) in [7, 11) is 0.